The van der Waals surface area contributed by atoms with E-state index in [9.17, 15) is 9.59 Å². The Bertz CT molecular complexity index is 553. The van der Waals surface area contributed by atoms with Crippen molar-refractivity contribution in [2.24, 2.45) is 11.7 Å². The first-order valence-electron chi connectivity index (χ1n) is 7.79. The van der Waals surface area contributed by atoms with Crippen LogP contribution in [0.25, 0.3) is 0 Å². The number of H-pyrrole nitrogens is 1. The lowest BCUT2D eigenvalue weighted by molar-refractivity contribution is 0.0558. The summed E-state index contributed by atoms with van der Waals surface area (Å²) in [7, 11) is 0. The highest BCUT2D eigenvalue weighted by Gasteiger charge is 2.32. The first-order chi connectivity index (χ1) is 10.1. The van der Waals surface area contributed by atoms with E-state index >= 15 is 0 Å². The quantitative estimate of drug-likeness (QED) is 0.885. The van der Waals surface area contributed by atoms with Crippen LogP contribution in [0, 0.1) is 12.8 Å². The Hall–Kier alpha value is -1.62. The molecule has 5 nitrogen and oxygen atoms in total. The van der Waals surface area contributed by atoms with Crippen LogP contribution in [-0.2, 0) is 0 Å². The highest BCUT2D eigenvalue weighted by molar-refractivity contribution is 5.94. The number of amides is 1. The molecule has 2 unspecified atom stereocenters. The van der Waals surface area contributed by atoms with Crippen LogP contribution in [0.4, 0.5) is 0 Å². The number of rotatable bonds is 4. The molecule has 1 heterocycles. The molecule has 1 amide bonds. The second-order valence-corrected chi connectivity index (χ2v) is 5.82. The van der Waals surface area contributed by atoms with Crippen molar-refractivity contribution < 1.29 is 4.79 Å². The van der Waals surface area contributed by atoms with Gasteiger partial charge in [-0.15, -0.1) is 0 Å². The highest BCUT2D eigenvalue weighted by Crippen LogP contribution is 2.28. The molecule has 21 heavy (non-hydrogen) atoms. The lowest BCUT2D eigenvalue weighted by Gasteiger charge is -2.39. The summed E-state index contributed by atoms with van der Waals surface area (Å²) in [6, 6.07) is 3.55. The number of hydrogen-bond acceptors (Lipinski definition) is 3. The summed E-state index contributed by atoms with van der Waals surface area (Å²) < 4.78 is 0. The van der Waals surface area contributed by atoms with Gasteiger partial charge < -0.3 is 15.6 Å². The van der Waals surface area contributed by atoms with Crippen LogP contribution in [0.2, 0.25) is 0 Å². The van der Waals surface area contributed by atoms with Crippen LogP contribution in [0.1, 0.15) is 48.7 Å². The van der Waals surface area contributed by atoms with Crippen molar-refractivity contribution in [3.05, 3.63) is 33.7 Å². The van der Waals surface area contributed by atoms with Gasteiger partial charge in [-0.3, -0.25) is 9.59 Å². The van der Waals surface area contributed by atoms with Gasteiger partial charge in [0.15, 0.2) is 0 Å². The minimum atomic E-state index is -0.307. The number of pyridine rings is 1. The van der Waals surface area contributed by atoms with Gasteiger partial charge in [0.05, 0.1) is 0 Å². The number of carbonyl (C=O) groups excluding carboxylic acids is 1. The summed E-state index contributed by atoms with van der Waals surface area (Å²) in [5.74, 6) is 0.163. The van der Waals surface area contributed by atoms with Crippen molar-refractivity contribution >= 4 is 5.91 Å². The topological polar surface area (TPSA) is 79.2 Å². The maximum Gasteiger partial charge on any atom is 0.260 e. The smallest absolute Gasteiger partial charge is 0.260 e. The second kappa shape index (κ2) is 6.89. The molecular weight excluding hydrogens is 266 g/mol. The van der Waals surface area contributed by atoms with Crippen LogP contribution in [0.3, 0.4) is 0 Å². The first-order valence-corrected chi connectivity index (χ1v) is 7.79. The fraction of sp³-hybridized carbons (Fsp3) is 0.625. The Kier molecular flexibility index (Phi) is 5.17. The number of aromatic nitrogens is 1. The van der Waals surface area contributed by atoms with E-state index in [0.717, 1.165) is 25.0 Å². The Morgan fingerprint density at radius 2 is 2.10 bits per heavy atom. The summed E-state index contributed by atoms with van der Waals surface area (Å²) in [5.41, 5.74) is 6.55. The van der Waals surface area contributed by atoms with Gasteiger partial charge in [-0.2, -0.15) is 0 Å². The number of nitrogens with two attached hydrogens (primary N) is 1. The van der Waals surface area contributed by atoms with Gasteiger partial charge in [-0.05, 0) is 51.3 Å². The van der Waals surface area contributed by atoms with Crippen molar-refractivity contribution in [3.8, 4) is 0 Å². The van der Waals surface area contributed by atoms with Crippen molar-refractivity contribution in [1.82, 2.24) is 9.88 Å². The number of hydrogen-bond donors (Lipinski definition) is 2. The molecule has 0 saturated heterocycles. The fourth-order valence-corrected chi connectivity index (χ4v) is 3.30. The Labute approximate surface area is 125 Å². The third-order valence-corrected chi connectivity index (χ3v) is 4.46. The molecule has 0 aliphatic heterocycles. The summed E-state index contributed by atoms with van der Waals surface area (Å²) in [6.45, 7) is 4.97. The molecule has 116 valence electrons. The van der Waals surface area contributed by atoms with Crippen LogP contribution >= 0.6 is 0 Å². The Morgan fingerprint density at radius 3 is 2.71 bits per heavy atom. The van der Waals surface area contributed by atoms with E-state index in [-0.39, 0.29) is 23.1 Å². The van der Waals surface area contributed by atoms with Crippen LogP contribution in [0.15, 0.2) is 16.9 Å². The number of nitrogens with zero attached hydrogens (tertiary/aromatic N) is 1. The molecular formula is C16H25N3O2. The van der Waals surface area contributed by atoms with Crippen LogP contribution < -0.4 is 11.3 Å². The molecule has 1 aliphatic rings. The van der Waals surface area contributed by atoms with E-state index in [4.69, 9.17) is 5.73 Å². The van der Waals surface area contributed by atoms with E-state index in [2.05, 4.69) is 4.98 Å². The predicted octanol–water partition coefficient (Wildman–Crippen LogP) is 1.66. The van der Waals surface area contributed by atoms with Gasteiger partial charge in [0.1, 0.15) is 5.56 Å². The predicted molar refractivity (Wildman–Crippen MR) is 83.3 cm³/mol. The Balaban J connectivity index is 2.27. The molecule has 3 N–H and O–H groups in total. The van der Waals surface area contributed by atoms with E-state index in [0.29, 0.717) is 19.0 Å². The zero-order valence-corrected chi connectivity index (χ0v) is 12.9. The number of aryl methyl sites for hydroxylation is 1. The molecule has 0 spiro atoms. The van der Waals surface area contributed by atoms with E-state index in [1.165, 1.54) is 6.42 Å². The van der Waals surface area contributed by atoms with Crippen molar-refractivity contribution in [2.45, 2.75) is 45.6 Å². The highest BCUT2D eigenvalue weighted by atomic mass is 16.2. The minimum Gasteiger partial charge on any atom is -0.335 e. The average Bonchev–Trinajstić information content (AvgIpc) is 2.48. The molecule has 2 rings (SSSR count). The molecule has 1 aromatic rings. The van der Waals surface area contributed by atoms with Gasteiger partial charge in [0, 0.05) is 18.3 Å². The molecule has 1 saturated carbocycles. The molecule has 5 heteroatoms. The Morgan fingerprint density at radius 1 is 1.38 bits per heavy atom. The van der Waals surface area contributed by atoms with Gasteiger partial charge in [0.2, 0.25) is 0 Å². The SMILES string of the molecule is CCN(C(=O)c1ccc(C)[nH]c1=O)C1CCCCC1CN. The second-order valence-electron chi connectivity index (χ2n) is 5.82. The maximum absolute atomic E-state index is 12.7. The van der Waals surface area contributed by atoms with Crippen molar-refractivity contribution in [1.29, 1.82) is 0 Å². The molecule has 1 fully saturated rings. The van der Waals surface area contributed by atoms with Gasteiger partial charge >= 0.3 is 0 Å². The molecule has 1 aromatic heterocycles. The third-order valence-electron chi connectivity index (χ3n) is 4.46. The fourth-order valence-electron chi connectivity index (χ4n) is 3.30. The standard InChI is InChI=1S/C16H25N3O2/c1-3-19(14-7-5-4-6-12(14)10-17)16(21)13-9-8-11(2)18-15(13)20/h8-9,12,14H,3-7,10,17H2,1-2H3,(H,18,20). The van der Waals surface area contributed by atoms with Crippen molar-refractivity contribution in [2.75, 3.05) is 13.1 Å². The molecule has 2 atom stereocenters. The zero-order valence-electron chi connectivity index (χ0n) is 12.9. The normalized spacial score (nSPS) is 22.0. The number of nitrogens with one attached hydrogen (secondary N) is 1. The first kappa shape index (κ1) is 15.8. The molecule has 1 aliphatic carbocycles. The molecule has 0 bridgehead atoms. The summed E-state index contributed by atoms with van der Waals surface area (Å²) in [6.07, 6.45) is 4.34. The minimum absolute atomic E-state index is 0.155. The van der Waals surface area contributed by atoms with Gasteiger partial charge in [-0.25, -0.2) is 0 Å². The monoisotopic (exact) mass is 291 g/mol. The van der Waals surface area contributed by atoms with Crippen molar-refractivity contribution in [3.63, 3.8) is 0 Å². The van der Waals surface area contributed by atoms with Crippen LogP contribution in [0.5, 0.6) is 0 Å². The van der Waals surface area contributed by atoms with Gasteiger partial charge in [-0.1, -0.05) is 12.8 Å². The number of carbonyl (C=O) groups is 1. The lowest BCUT2D eigenvalue weighted by atomic mass is 9.83. The van der Waals surface area contributed by atoms with E-state index < -0.39 is 0 Å². The lowest BCUT2D eigenvalue weighted by Crippen LogP contribution is -2.49. The largest absolute Gasteiger partial charge is 0.335 e. The van der Waals surface area contributed by atoms with E-state index in [1.807, 2.05) is 11.8 Å². The molecule has 0 radical (unpaired) electrons. The van der Waals surface area contributed by atoms with E-state index in [1.54, 1.807) is 19.1 Å². The third kappa shape index (κ3) is 3.35. The zero-order chi connectivity index (χ0) is 15.4. The number of aromatic amines is 1. The van der Waals surface area contributed by atoms with Gasteiger partial charge in [0.25, 0.3) is 11.5 Å². The molecule has 0 aromatic carbocycles. The van der Waals surface area contributed by atoms with Crippen LogP contribution in [-0.4, -0.2) is 34.9 Å². The maximum atomic E-state index is 12.7. The summed E-state index contributed by atoms with van der Waals surface area (Å²) in [4.78, 5) is 29.3. The summed E-state index contributed by atoms with van der Waals surface area (Å²) >= 11 is 0. The average molecular weight is 291 g/mol. The summed E-state index contributed by atoms with van der Waals surface area (Å²) in [5, 5.41) is 0.